The fourth-order valence-electron chi connectivity index (χ4n) is 4.95. The number of hydrogen-bond acceptors (Lipinski definition) is 5. The van der Waals surface area contributed by atoms with E-state index in [1.807, 2.05) is 0 Å². The molecule has 0 aliphatic carbocycles. The molecule has 0 saturated carbocycles. The van der Waals surface area contributed by atoms with E-state index >= 15 is 0 Å². The van der Waals surface area contributed by atoms with Gasteiger partial charge in [0.1, 0.15) is 5.75 Å². The highest BCUT2D eigenvalue weighted by molar-refractivity contribution is 5.43. The fraction of sp³-hybridized carbons (Fsp3) is 0.727. The Labute approximate surface area is 163 Å². The monoisotopic (exact) mass is 376 g/mol. The molecule has 0 amide bonds. The van der Waals surface area contributed by atoms with Gasteiger partial charge < -0.3 is 19.8 Å². The third-order valence-corrected chi connectivity index (χ3v) is 6.44. The molecule has 5 nitrogen and oxygen atoms in total. The Hall–Kier alpha value is -1.14. The van der Waals surface area contributed by atoms with Crippen LogP contribution in [0.4, 0.5) is 0 Å². The normalized spacial score (nSPS) is 25.2. The summed E-state index contributed by atoms with van der Waals surface area (Å²) < 4.78 is 5.66. The third-order valence-electron chi connectivity index (χ3n) is 6.44. The summed E-state index contributed by atoms with van der Waals surface area (Å²) in [6.07, 6.45) is 2.19. The van der Waals surface area contributed by atoms with Gasteiger partial charge in [-0.05, 0) is 63.1 Å². The maximum Gasteiger partial charge on any atom is 0.126 e. The van der Waals surface area contributed by atoms with E-state index in [0.717, 1.165) is 57.9 Å². The van der Waals surface area contributed by atoms with E-state index in [-0.39, 0.29) is 6.61 Å². The van der Waals surface area contributed by atoms with E-state index in [4.69, 9.17) is 4.74 Å². The van der Waals surface area contributed by atoms with Crippen molar-refractivity contribution in [3.63, 3.8) is 0 Å². The molecule has 2 heterocycles. The van der Waals surface area contributed by atoms with Crippen molar-refractivity contribution in [3.05, 3.63) is 28.8 Å². The molecule has 5 heteroatoms. The van der Waals surface area contributed by atoms with Crippen LogP contribution < -0.4 is 4.74 Å². The minimum Gasteiger partial charge on any atom is -0.496 e. The Morgan fingerprint density at radius 1 is 1.00 bits per heavy atom. The molecule has 2 saturated heterocycles. The Bertz CT molecular complexity index is 614. The van der Waals surface area contributed by atoms with Gasteiger partial charge in [-0.1, -0.05) is 17.7 Å². The maximum atomic E-state index is 9.92. The summed E-state index contributed by atoms with van der Waals surface area (Å²) in [4.78, 5) is 5.00. The average Bonchev–Trinajstić information content (AvgIpc) is 3.03. The molecule has 2 aliphatic rings. The van der Waals surface area contributed by atoms with E-state index in [1.54, 1.807) is 7.11 Å². The van der Waals surface area contributed by atoms with Crippen molar-refractivity contribution < 1.29 is 14.9 Å². The number of rotatable bonds is 7. The van der Waals surface area contributed by atoms with Crippen LogP contribution in [0.15, 0.2) is 12.1 Å². The molecule has 0 aromatic heterocycles. The van der Waals surface area contributed by atoms with E-state index in [9.17, 15) is 10.2 Å². The molecule has 0 bridgehead atoms. The minimum absolute atomic E-state index is 0.262. The average molecular weight is 377 g/mol. The second-order valence-corrected chi connectivity index (χ2v) is 8.60. The molecule has 2 aliphatic heterocycles. The van der Waals surface area contributed by atoms with Crippen LogP contribution in [0.3, 0.4) is 0 Å². The van der Waals surface area contributed by atoms with Gasteiger partial charge in [0.2, 0.25) is 0 Å². The largest absolute Gasteiger partial charge is 0.496 e. The number of hydrogen-bond donors (Lipinski definition) is 2. The lowest BCUT2D eigenvalue weighted by molar-refractivity contribution is 0.106. The number of nitrogens with zero attached hydrogens (tertiary/aromatic N) is 2. The van der Waals surface area contributed by atoms with Gasteiger partial charge in [-0.25, -0.2) is 0 Å². The lowest BCUT2D eigenvalue weighted by atomic mass is 9.93. The molecule has 27 heavy (non-hydrogen) atoms. The summed E-state index contributed by atoms with van der Waals surface area (Å²) in [5.74, 6) is 2.33. The molecule has 2 N–H and O–H groups in total. The second kappa shape index (κ2) is 9.37. The van der Waals surface area contributed by atoms with E-state index in [2.05, 4.69) is 35.8 Å². The summed E-state index contributed by atoms with van der Waals surface area (Å²) in [6, 6.07) is 4.40. The topological polar surface area (TPSA) is 56.2 Å². The number of piperidine rings is 1. The summed E-state index contributed by atoms with van der Waals surface area (Å²) in [5.41, 5.74) is 3.70. The van der Waals surface area contributed by atoms with Crippen LogP contribution in [0, 0.1) is 31.6 Å². The lowest BCUT2D eigenvalue weighted by Gasteiger charge is -2.33. The predicted molar refractivity (Wildman–Crippen MR) is 108 cm³/mol. The van der Waals surface area contributed by atoms with E-state index < -0.39 is 0 Å². The fourth-order valence-corrected chi connectivity index (χ4v) is 4.95. The summed E-state index contributed by atoms with van der Waals surface area (Å²) >= 11 is 0. The van der Waals surface area contributed by atoms with Crippen LogP contribution in [0.2, 0.25) is 0 Å². The first-order chi connectivity index (χ1) is 13.0. The first-order valence-electron chi connectivity index (χ1n) is 10.3. The molecule has 1 aromatic carbocycles. The van der Waals surface area contributed by atoms with Gasteiger partial charge in [0.05, 0.1) is 7.11 Å². The Kier molecular flexibility index (Phi) is 7.15. The maximum absolute atomic E-state index is 9.92. The van der Waals surface area contributed by atoms with Crippen molar-refractivity contribution in [2.45, 2.75) is 33.2 Å². The standard InChI is InChI=1S/C22H36N2O3/c1-16-8-17(2)22(27-3)19(9-16)10-24-12-20(21(13-24)15-26)11-23-6-4-18(14-25)5-7-23/h8-9,18,20-21,25-26H,4-7,10-15H2,1-3H3/t20-,21-/m0/s1. The number of aliphatic hydroxyl groups excluding tert-OH is 2. The molecule has 0 spiro atoms. The van der Waals surface area contributed by atoms with Crippen LogP contribution in [0.25, 0.3) is 0 Å². The number of methoxy groups -OCH3 is 1. The van der Waals surface area contributed by atoms with Crippen molar-refractivity contribution in [2.24, 2.45) is 17.8 Å². The molecule has 0 unspecified atom stereocenters. The zero-order chi connectivity index (χ0) is 19.4. The number of aryl methyl sites for hydroxylation is 2. The van der Waals surface area contributed by atoms with Gasteiger partial charge in [-0.2, -0.15) is 0 Å². The first-order valence-corrected chi connectivity index (χ1v) is 10.3. The number of benzene rings is 1. The highest BCUT2D eigenvalue weighted by atomic mass is 16.5. The van der Waals surface area contributed by atoms with Gasteiger partial charge in [0.25, 0.3) is 0 Å². The summed E-state index contributed by atoms with van der Waals surface area (Å²) in [7, 11) is 1.75. The van der Waals surface area contributed by atoms with Crippen LogP contribution in [-0.4, -0.2) is 73.1 Å². The Balaban J connectivity index is 1.61. The predicted octanol–water partition coefficient (Wildman–Crippen LogP) is 2.06. The van der Waals surface area contributed by atoms with Gasteiger partial charge in [0.15, 0.2) is 0 Å². The van der Waals surface area contributed by atoms with Gasteiger partial charge >= 0.3 is 0 Å². The van der Waals surface area contributed by atoms with Crippen LogP contribution in [-0.2, 0) is 6.54 Å². The molecule has 152 valence electrons. The molecule has 2 fully saturated rings. The van der Waals surface area contributed by atoms with Crippen molar-refractivity contribution in [1.29, 1.82) is 0 Å². The van der Waals surface area contributed by atoms with Crippen molar-refractivity contribution in [3.8, 4) is 5.75 Å². The number of ether oxygens (including phenoxy) is 1. The Morgan fingerprint density at radius 2 is 1.70 bits per heavy atom. The quantitative estimate of drug-likeness (QED) is 0.763. The highest BCUT2D eigenvalue weighted by Crippen LogP contribution is 2.31. The van der Waals surface area contributed by atoms with Gasteiger partial charge in [-0.3, -0.25) is 4.90 Å². The Morgan fingerprint density at radius 3 is 2.33 bits per heavy atom. The molecule has 1 aromatic rings. The van der Waals surface area contributed by atoms with Crippen molar-refractivity contribution >= 4 is 0 Å². The molecule has 0 radical (unpaired) electrons. The summed E-state index contributed by atoms with van der Waals surface area (Å²) in [5, 5.41) is 19.2. The van der Waals surface area contributed by atoms with E-state index in [0.29, 0.717) is 24.4 Å². The smallest absolute Gasteiger partial charge is 0.126 e. The third kappa shape index (κ3) is 5.02. The number of likely N-dealkylation sites (tertiary alicyclic amines) is 2. The zero-order valence-electron chi connectivity index (χ0n) is 17.2. The zero-order valence-corrected chi connectivity index (χ0v) is 17.2. The summed E-state index contributed by atoms with van der Waals surface area (Å²) in [6.45, 7) is 10.9. The lowest BCUT2D eigenvalue weighted by Crippen LogP contribution is -2.40. The number of aliphatic hydroxyl groups is 2. The molecule has 2 atom stereocenters. The van der Waals surface area contributed by atoms with Gasteiger partial charge in [0, 0.05) is 45.0 Å². The van der Waals surface area contributed by atoms with Crippen molar-refractivity contribution in [1.82, 2.24) is 9.80 Å². The van der Waals surface area contributed by atoms with Crippen LogP contribution in [0.1, 0.15) is 29.5 Å². The van der Waals surface area contributed by atoms with Crippen molar-refractivity contribution in [2.75, 3.05) is 53.0 Å². The van der Waals surface area contributed by atoms with Gasteiger partial charge in [-0.15, -0.1) is 0 Å². The highest BCUT2D eigenvalue weighted by Gasteiger charge is 2.34. The van der Waals surface area contributed by atoms with Crippen LogP contribution in [0.5, 0.6) is 5.75 Å². The van der Waals surface area contributed by atoms with E-state index in [1.165, 1.54) is 16.7 Å². The second-order valence-electron chi connectivity index (χ2n) is 8.60. The molecular formula is C22H36N2O3. The first kappa shape index (κ1) is 20.6. The van der Waals surface area contributed by atoms with Crippen LogP contribution >= 0.6 is 0 Å². The molecular weight excluding hydrogens is 340 g/mol. The molecule has 3 rings (SSSR count). The minimum atomic E-state index is 0.262. The SMILES string of the molecule is COc1c(C)cc(C)cc1CN1C[C@@H](CO)[C@@H](CN2CCC(CO)CC2)C1.